The number of rotatable bonds is 5. The minimum atomic E-state index is 0.808. The van der Waals surface area contributed by atoms with Crippen molar-refractivity contribution in [1.29, 1.82) is 0 Å². The first-order chi connectivity index (χ1) is 7.90. The Morgan fingerprint density at radius 1 is 1.19 bits per heavy atom. The van der Waals surface area contributed by atoms with E-state index in [1.54, 1.807) is 6.20 Å². The number of hydrogen-bond donors (Lipinski definition) is 1. The fourth-order valence-electron chi connectivity index (χ4n) is 1.64. The number of nitrogens with one attached hydrogen (secondary N) is 1. The molecule has 84 valence electrons. The van der Waals surface area contributed by atoms with Gasteiger partial charge in [0.05, 0.1) is 0 Å². The number of aromatic nitrogens is 2. The molecule has 0 fully saturated rings. The Morgan fingerprint density at radius 2 is 2.12 bits per heavy atom. The van der Waals surface area contributed by atoms with E-state index in [-0.39, 0.29) is 0 Å². The molecule has 2 rings (SSSR count). The molecule has 0 spiro atoms. The minimum absolute atomic E-state index is 0.808. The van der Waals surface area contributed by atoms with Crippen LogP contribution >= 0.6 is 0 Å². The first-order valence-electron chi connectivity index (χ1n) is 5.86. The van der Waals surface area contributed by atoms with E-state index < -0.39 is 0 Å². The lowest BCUT2D eigenvalue weighted by Crippen LogP contribution is -2.03. The highest BCUT2D eigenvalue weighted by molar-refractivity contribution is 5.76. The van der Waals surface area contributed by atoms with E-state index in [1.807, 2.05) is 18.2 Å². The van der Waals surface area contributed by atoms with E-state index in [4.69, 9.17) is 0 Å². The molecule has 3 heteroatoms. The number of nitrogens with zero attached hydrogens (tertiary/aromatic N) is 2. The van der Waals surface area contributed by atoms with E-state index >= 15 is 0 Å². The second kappa shape index (κ2) is 5.45. The SMILES string of the molecule is CCCCCNc1ccc2cccnc2n1. The van der Waals surface area contributed by atoms with Gasteiger partial charge in [0.25, 0.3) is 0 Å². The van der Waals surface area contributed by atoms with Crippen LogP contribution in [-0.2, 0) is 0 Å². The number of pyridine rings is 2. The molecule has 0 radical (unpaired) electrons. The second-order valence-corrected chi connectivity index (χ2v) is 3.88. The Balaban J connectivity index is 2.02. The first-order valence-corrected chi connectivity index (χ1v) is 5.86. The lowest BCUT2D eigenvalue weighted by atomic mass is 10.2. The lowest BCUT2D eigenvalue weighted by molar-refractivity contribution is 0.742. The van der Waals surface area contributed by atoms with Gasteiger partial charge in [-0.2, -0.15) is 0 Å². The average molecular weight is 215 g/mol. The molecule has 0 aliphatic rings. The van der Waals surface area contributed by atoms with Crippen LogP contribution in [0.15, 0.2) is 30.5 Å². The Morgan fingerprint density at radius 3 is 3.00 bits per heavy atom. The molecule has 0 atom stereocenters. The molecular weight excluding hydrogens is 198 g/mol. The highest BCUT2D eigenvalue weighted by Crippen LogP contribution is 2.12. The van der Waals surface area contributed by atoms with Crippen LogP contribution in [0, 0.1) is 0 Å². The monoisotopic (exact) mass is 215 g/mol. The van der Waals surface area contributed by atoms with Crippen LogP contribution in [0.2, 0.25) is 0 Å². The Kier molecular flexibility index (Phi) is 3.70. The molecule has 0 aromatic carbocycles. The quantitative estimate of drug-likeness (QED) is 0.778. The minimum Gasteiger partial charge on any atom is -0.370 e. The Hall–Kier alpha value is -1.64. The summed E-state index contributed by atoms with van der Waals surface area (Å²) in [5.74, 6) is 0.919. The largest absolute Gasteiger partial charge is 0.370 e. The lowest BCUT2D eigenvalue weighted by Gasteiger charge is -2.05. The summed E-state index contributed by atoms with van der Waals surface area (Å²) >= 11 is 0. The molecule has 3 nitrogen and oxygen atoms in total. The standard InChI is InChI=1S/C13H17N3/c1-2-3-4-9-14-12-8-7-11-6-5-10-15-13(11)16-12/h5-8,10H,2-4,9H2,1H3,(H,14,15,16). The van der Waals surface area contributed by atoms with Crippen molar-refractivity contribution in [2.75, 3.05) is 11.9 Å². The van der Waals surface area contributed by atoms with Crippen molar-refractivity contribution in [1.82, 2.24) is 9.97 Å². The molecule has 0 aliphatic heterocycles. The summed E-state index contributed by atoms with van der Waals surface area (Å²) in [4.78, 5) is 8.69. The maximum Gasteiger partial charge on any atom is 0.161 e. The highest BCUT2D eigenvalue weighted by atomic mass is 15.0. The Labute approximate surface area is 95.9 Å². The highest BCUT2D eigenvalue weighted by Gasteiger charge is 1.97. The van der Waals surface area contributed by atoms with E-state index in [1.165, 1.54) is 19.3 Å². The molecule has 2 aromatic heterocycles. The zero-order valence-corrected chi connectivity index (χ0v) is 9.61. The summed E-state index contributed by atoms with van der Waals surface area (Å²) in [7, 11) is 0. The van der Waals surface area contributed by atoms with E-state index in [0.29, 0.717) is 0 Å². The molecule has 0 saturated carbocycles. The van der Waals surface area contributed by atoms with Crippen molar-refractivity contribution in [2.24, 2.45) is 0 Å². The van der Waals surface area contributed by atoms with Crippen LogP contribution in [0.3, 0.4) is 0 Å². The van der Waals surface area contributed by atoms with Crippen LogP contribution in [0.5, 0.6) is 0 Å². The Bertz CT molecular complexity index is 454. The topological polar surface area (TPSA) is 37.8 Å². The van der Waals surface area contributed by atoms with Crippen molar-refractivity contribution in [2.45, 2.75) is 26.2 Å². The maximum absolute atomic E-state index is 4.45. The van der Waals surface area contributed by atoms with Gasteiger partial charge in [-0.25, -0.2) is 9.97 Å². The molecule has 2 aromatic rings. The van der Waals surface area contributed by atoms with Crippen LogP contribution in [0.4, 0.5) is 5.82 Å². The zero-order chi connectivity index (χ0) is 11.2. The van der Waals surface area contributed by atoms with Gasteiger partial charge in [-0.15, -0.1) is 0 Å². The average Bonchev–Trinajstić information content (AvgIpc) is 2.34. The summed E-state index contributed by atoms with van der Waals surface area (Å²) in [5.41, 5.74) is 0.808. The molecular formula is C13H17N3. The van der Waals surface area contributed by atoms with Crippen molar-refractivity contribution in [3.05, 3.63) is 30.5 Å². The van der Waals surface area contributed by atoms with Gasteiger partial charge in [0, 0.05) is 18.1 Å². The number of fused-ring (bicyclic) bond motifs is 1. The second-order valence-electron chi connectivity index (χ2n) is 3.88. The van der Waals surface area contributed by atoms with Crippen LogP contribution in [0.25, 0.3) is 11.0 Å². The van der Waals surface area contributed by atoms with Crippen molar-refractivity contribution >= 4 is 16.9 Å². The summed E-state index contributed by atoms with van der Waals surface area (Å²) in [5, 5.41) is 4.41. The number of unbranched alkanes of at least 4 members (excludes halogenated alkanes) is 2. The van der Waals surface area contributed by atoms with Gasteiger partial charge in [0.15, 0.2) is 5.65 Å². The normalized spacial score (nSPS) is 10.6. The molecule has 1 N–H and O–H groups in total. The third-order valence-electron chi connectivity index (χ3n) is 2.55. The van der Waals surface area contributed by atoms with Crippen LogP contribution < -0.4 is 5.32 Å². The zero-order valence-electron chi connectivity index (χ0n) is 9.61. The molecule has 0 saturated heterocycles. The van der Waals surface area contributed by atoms with Crippen LogP contribution in [-0.4, -0.2) is 16.5 Å². The molecule has 2 heterocycles. The number of anilines is 1. The summed E-state index contributed by atoms with van der Waals surface area (Å²) in [6.45, 7) is 3.19. The molecule has 16 heavy (non-hydrogen) atoms. The summed E-state index contributed by atoms with van der Waals surface area (Å²) < 4.78 is 0. The van der Waals surface area contributed by atoms with E-state index in [2.05, 4.69) is 28.3 Å². The van der Waals surface area contributed by atoms with Gasteiger partial charge in [-0.05, 0) is 30.7 Å². The first kappa shape index (κ1) is 10.9. The summed E-state index contributed by atoms with van der Waals surface area (Å²) in [6, 6.07) is 8.02. The fraction of sp³-hybridized carbons (Fsp3) is 0.385. The van der Waals surface area contributed by atoms with Crippen molar-refractivity contribution < 1.29 is 0 Å². The third-order valence-corrected chi connectivity index (χ3v) is 2.55. The number of hydrogen-bond acceptors (Lipinski definition) is 3. The van der Waals surface area contributed by atoms with E-state index in [9.17, 15) is 0 Å². The summed E-state index contributed by atoms with van der Waals surface area (Å²) in [6.07, 6.45) is 5.47. The van der Waals surface area contributed by atoms with Gasteiger partial charge in [0.1, 0.15) is 5.82 Å². The fourth-order valence-corrected chi connectivity index (χ4v) is 1.64. The van der Waals surface area contributed by atoms with Gasteiger partial charge in [-0.3, -0.25) is 0 Å². The van der Waals surface area contributed by atoms with Gasteiger partial charge >= 0.3 is 0 Å². The molecule has 0 aliphatic carbocycles. The van der Waals surface area contributed by atoms with Gasteiger partial charge < -0.3 is 5.32 Å². The van der Waals surface area contributed by atoms with Gasteiger partial charge in [0.2, 0.25) is 0 Å². The molecule has 0 amide bonds. The predicted octanol–water partition coefficient (Wildman–Crippen LogP) is 3.23. The van der Waals surface area contributed by atoms with Gasteiger partial charge in [-0.1, -0.05) is 19.8 Å². The third kappa shape index (κ3) is 2.69. The molecule has 0 bridgehead atoms. The van der Waals surface area contributed by atoms with Crippen molar-refractivity contribution in [3.8, 4) is 0 Å². The smallest absolute Gasteiger partial charge is 0.161 e. The predicted molar refractivity (Wildman–Crippen MR) is 67.6 cm³/mol. The van der Waals surface area contributed by atoms with Crippen molar-refractivity contribution in [3.63, 3.8) is 0 Å². The van der Waals surface area contributed by atoms with E-state index in [0.717, 1.165) is 23.4 Å². The molecule has 0 unspecified atom stereocenters. The van der Waals surface area contributed by atoms with Crippen LogP contribution in [0.1, 0.15) is 26.2 Å². The maximum atomic E-state index is 4.45.